The minimum Gasteiger partial charge on any atom is -0.336 e. The summed E-state index contributed by atoms with van der Waals surface area (Å²) in [4.78, 5) is 25.6. The Kier molecular flexibility index (Phi) is 4.93. The van der Waals surface area contributed by atoms with Crippen molar-refractivity contribution in [2.24, 2.45) is 5.73 Å². The van der Waals surface area contributed by atoms with Crippen molar-refractivity contribution in [2.75, 3.05) is 23.3 Å². The highest BCUT2D eigenvalue weighted by Gasteiger charge is 2.37. The molecule has 2 aliphatic rings. The molecular formula is C15H21ClN4O2. The number of nitrogens with two attached hydrogens (primary N) is 1. The zero-order valence-corrected chi connectivity index (χ0v) is 13.1. The fourth-order valence-corrected chi connectivity index (χ4v) is 2.96. The number of hydrogen-bond donors (Lipinski definition) is 3. The molecule has 0 bridgehead atoms. The van der Waals surface area contributed by atoms with Crippen LogP contribution in [-0.4, -0.2) is 30.6 Å². The summed E-state index contributed by atoms with van der Waals surface area (Å²) in [5, 5.41) is 5.64. The Balaban J connectivity index is 0.00000176. The summed E-state index contributed by atoms with van der Waals surface area (Å²) in [6.07, 6.45) is 3.45. The first-order valence-electron chi connectivity index (χ1n) is 7.34. The molecule has 1 aliphatic carbocycles. The molecule has 22 heavy (non-hydrogen) atoms. The summed E-state index contributed by atoms with van der Waals surface area (Å²) in [7, 11) is 0. The summed E-state index contributed by atoms with van der Waals surface area (Å²) in [5.74, 6) is -0.136. The number of halogens is 1. The quantitative estimate of drug-likeness (QED) is 0.793. The predicted molar refractivity (Wildman–Crippen MR) is 88.5 cm³/mol. The van der Waals surface area contributed by atoms with E-state index in [9.17, 15) is 9.59 Å². The number of carbonyl (C=O) groups excluding carboxylic acids is 2. The Hall–Kier alpha value is -1.79. The Morgan fingerprint density at radius 1 is 1.32 bits per heavy atom. The molecule has 3 rings (SSSR count). The van der Waals surface area contributed by atoms with Gasteiger partial charge in [0.05, 0.1) is 5.54 Å². The lowest BCUT2D eigenvalue weighted by atomic mass is 9.98. The molecule has 120 valence electrons. The molecule has 1 saturated heterocycles. The SMILES string of the molecule is Cl.NC1(C(=O)Nc2cccc(N3CCNC3=O)c2)CCCC1. The van der Waals surface area contributed by atoms with Gasteiger partial charge in [0.15, 0.2) is 0 Å². The third-order valence-electron chi connectivity index (χ3n) is 4.22. The maximum absolute atomic E-state index is 12.3. The second-order valence-corrected chi connectivity index (χ2v) is 5.75. The van der Waals surface area contributed by atoms with Crippen LogP contribution in [0.5, 0.6) is 0 Å². The van der Waals surface area contributed by atoms with Crippen molar-refractivity contribution in [2.45, 2.75) is 31.2 Å². The van der Waals surface area contributed by atoms with E-state index in [0.717, 1.165) is 31.4 Å². The summed E-state index contributed by atoms with van der Waals surface area (Å²) >= 11 is 0. The van der Waals surface area contributed by atoms with Crippen LogP contribution in [0.2, 0.25) is 0 Å². The van der Waals surface area contributed by atoms with Gasteiger partial charge in [-0.15, -0.1) is 12.4 Å². The smallest absolute Gasteiger partial charge is 0.321 e. The normalized spacial score (nSPS) is 19.5. The number of urea groups is 1. The average molecular weight is 325 g/mol. The van der Waals surface area contributed by atoms with Crippen LogP contribution in [0, 0.1) is 0 Å². The topological polar surface area (TPSA) is 87.5 Å². The highest BCUT2D eigenvalue weighted by atomic mass is 35.5. The van der Waals surface area contributed by atoms with Crippen LogP contribution >= 0.6 is 12.4 Å². The third kappa shape index (κ3) is 3.18. The first kappa shape index (κ1) is 16.6. The predicted octanol–water partition coefficient (Wildman–Crippen LogP) is 1.85. The molecule has 0 atom stereocenters. The van der Waals surface area contributed by atoms with Crippen LogP contribution in [0.25, 0.3) is 0 Å². The van der Waals surface area contributed by atoms with E-state index in [-0.39, 0.29) is 24.3 Å². The Labute approximate surface area is 135 Å². The van der Waals surface area contributed by atoms with Crippen molar-refractivity contribution in [1.82, 2.24) is 5.32 Å². The molecule has 4 N–H and O–H groups in total. The number of carbonyl (C=O) groups is 2. The number of rotatable bonds is 3. The molecule has 1 saturated carbocycles. The van der Waals surface area contributed by atoms with Gasteiger partial charge < -0.3 is 16.4 Å². The second kappa shape index (κ2) is 6.54. The molecular weight excluding hydrogens is 304 g/mol. The van der Waals surface area contributed by atoms with Gasteiger partial charge in [-0.25, -0.2) is 4.79 Å². The largest absolute Gasteiger partial charge is 0.336 e. The highest BCUT2D eigenvalue weighted by molar-refractivity contribution is 5.99. The van der Waals surface area contributed by atoms with Crippen LogP contribution in [0.3, 0.4) is 0 Å². The maximum atomic E-state index is 12.3. The molecule has 1 aromatic carbocycles. The van der Waals surface area contributed by atoms with E-state index in [1.165, 1.54) is 0 Å². The van der Waals surface area contributed by atoms with Crippen LogP contribution in [0.1, 0.15) is 25.7 Å². The number of nitrogens with one attached hydrogen (secondary N) is 2. The lowest BCUT2D eigenvalue weighted by Gasteiger charge is -2.23. The van der Waals surface area contributed by atoms with Crippen molar-refractivity contribution in [1.29, 1.82) is 0 Å². The summed E-state index contributed by atoms with van der Waals surface area (Å²) in [5.41, 5.74) is 6.85. The molecule has 1 aromatic rings. The van der Waals surface area contributed by atoms with Crippen LogP contribution in [0.4, 0.5) is 16.2 Å². The van der Waals surface area contributed by atoms with Crippen molar-refractivity contribution in [3.8, 4) is 0 Å². The summed E-state index contributed by atoms with van der Waals surface area (Å²) in [6.45, 7) is 1.28. The molecule has 7 heteroatoms. The Bertz CT molecular complexity index is 572. The number of hydrogen-bond acceptors (Lipinski definition) is 3. The fourth-order valence-electron chi connectivity index (χ4n) is 2.96. The maximum Gasteiger partial charge on any atom is 0.321 e. The molecule has 0 radical (unpaired) electrons. The van der Waals surface area contributed by atoms with Gasteiger partial charge in [-0.05, 0) is 31.0 Å². The molecule has 1 aliphatic heterocycles. The van der Waals surface area contributed by atoms with E-state index >= 15 is 0 Å². The number of benzene rings is 1. The minimum atomic E-state index is -0.749. The van der Waals surface area contributed by atoms with Crippen LogP contribution < -0.4 is 21.3 Å². The molecule has 3 amide bonds. The standard InChI is InChI=1S/C15H20N4O2.ClH/c16-15(6-1-2-7-15)13(20)18-11-4-3-5-12(10-11)19-9-8-17-14(19)21;/h3-5,10H,1-2,6-9,16H2,(H,17,21)(H,18,20);1H. The van der Waals surface area contributed by atoms with Gasteiger partial charge in [0.25, 0.3) is 0 Å². The zero-order valence-electron chi connectivity index (χ0n) is 12.3. The Morgan fingerprint density at radius 2 is 2.05 bits per heavy atom. The minimum absolute atomic E-state index is 0. The summed E-state index contributed by atoms with van der Waals surface area (Å²) < 4.78 is 0. The molecule has 2 fully saturated rings. The van der Waals surface area contributed by atoms with Gasteiger partial charge in [-0.2, -0.15) is 0 Å². The van der Waals surface area contributed by atoms with Gasteiger partial charge in [0.1, 0.15) is 0 Å². The fraction of sp³-hybridized carbons (Fsp3) is 0.467. The van der Waals surface area contributed by atoms with Gasteiger partial charge in [0.2, 0.25) is 5.91 Å². The zero-order chi connectivity index (χ0) is 14.9. The van der Waals surface area contributed by atoms with E-state index < -0.39 is 5.54 Å². The molecule has 0 spiro atoms. The number of nitrogens with zero attached hydrogens (tertiary/aromatic N) is 1. The van der Waals surface area contributed by atoms with E-state index in [1.54, 1.807) is 11.0 Å². The van der Waals surface area contributed by atoms with E-state index in [2.05, 4.69) is 10.6 Å². The number of amides is 3. The number of anilines is 2. The van der Waals surface area contributed by atoms with E-state index in [1.807, 2.05) is 18.2 Å². The lowest BCUT2D eigenvalue weighted by molar-refractivity contribution is -0.121. The van der Waals surface area contributed by atoms with Crippen LogP contribution in [-0.2, 0) is 4.79 Å². The molecule has 0 unspecified atom stereocenters. The van der Waals surface area contributed by atoms with Crippen molar-refractivity contribution in [3.63, 3.8) is 0 Å². The van der Waals surface area contributed by atoms with Crippen LogP contribution in [0.15, 0.2) is 24.3 Å². The van der Waals surface area contributed by atoms with Crippen molar-refractivity contribution in [3.05, 3.63) is 24.3 Å². The molecule has 1 heterocycles. The average Bonchev–Trinajstić information content (AvgIpc) is 3.09. The second-order valence-electron chi connectivity index (χ2n) is 5.75. The first-order valence-corrected chi connectivity index (χ1v) is 7.34. The van der Waals surface area contributed by atoms with Gasteiger partial charge in [0, 0.05) is 24.5 Å². The molecule has 6 nitrogen and oxygen atoms in total. The van der Waals surface area contributed by atoms with E-state index in [0.29, 0.717) is 18.8 Å². The van der Waals surface area contributed by atoms with Gasteiger partial charge in [-0.1, -0.05) is 18.9 Å². The highest BCUT2D eigenvalue weighted by Crippen LogP contribution is 2.29. The first-order chi connectivity index (χ1) is 10.1. The molecule has 0 aromatic heterocycles. The summed E-state index contributed by atoms with van der Waals surface area (Å²) in [6, 6.07) is 7.20. The van der Waals surface area contributed by atoms with Gasteiger partial charge >= 0.3 is 6.03 Å². The lowest BCUT2D eigenvalue weighted by Crippen LogP contribution is -2.48. The third-order valence-corrected chi connectivity index (χ3v) is 4.22. The van der Waals surface area contributed by atoms with Gasteiger partial charge in [-0.3, -0.25) is 9.69 Å². The van der Waals surface area contributed by atoms with Crippen molar-refractivity contribution >= 4 is 35.7 Å². The van der Waals surface area contributed by atoms with Crippen molar-refractivity contribution < 1.29 is 9.59 Å². The monoisotopic (exact) mass is 324 g/mol. The Morgan fingerprint density at radius 3 is 2.68 bits per heavy atom. The van der Waals surface area contributed by atoms with E-state index in [4.69, 9.17) is 5.73 Å².